The van der Waals surface area contributed by atoms with Crippen molar-refractivity contribution in [2.45, 2.75) is 26.2 Å². The molecule has 21 heavy (non-hydrogen) atoms. The number of alkyl carbamates (subject to hydrolysis) is 1. The number of carbonyl (C=O) groups excluding carboxylic acids is 1. The predicted octanol–water partition coefficient (Wildman–Crippen LogP) is 3.11. The lowest BCUT2D eigenvalue weighted by Crippen LogP contribution is -2.26. The van der Waals surface area contributed by atoms with Crippen LogP contribution in [-0.4, -0.2) is 24.2 Å². The van der Waals surface area contributed by atoms with E-state index in [4.69, 9.17) is 10.00 Å². The Morgan fingerprint density at radius 3 is 3.10 bits per heavy atom. The number of hydrogen-bond acceptors (Lipinski definition) is 3. The van der Waals surface area contributed by atoms with Gasteiger partial charge in [0.25, 0.3) is 0 Å². The first-order valence-corrected chi connectivity index (χ1v) is 7.15. The summed E-state index contributed by atoms with van der Waals surface area (Å²) in [6, 6.07) is 7.67. The fourth-order valence-electron chi connectivity index (χ4n) is 2.12. The molecule has 0 aliphatic heterocycles. The number of hydrogen-bond donors (Lipinski definition) is 2. The van der Waals surface area contributed by atoms with Crippen molar-refractivity contribution in [3.05, 3.63) is 35.5 Å². The first-order chi connectivity index (χ1) is 10.2. The molecule has 1 heterocycles. The average molecular weight is 285 g/mol. The van der Waals surface area contributed by atoms with Crippen molar-refractivity contribution in [2.75, 3.05) is 13.2 Å². The molecular weight excluding hydrogens is 266 g/mol. The van der Waals surface area contributed by atoms with Crippen LogP contribution in [0.25, 0.3) is 10.9 Å². The van der Waals surface area contributed by atoms with E-state index in [0.717, 1.165) is 35.7 Å². The zero-order valence-electron chi connectivity index (χ0n) is 12.1. The van der Waals surface area contributed by atoms with Crippen molar-refractivity contribution >= 4 is 17.0 Å². The van der Waals surface area contributed by atoms with Crippen LogP contribution < -0.4 is 5.32 Å². The molecule has 5 heteroatoms. The molecule has 1 aromatic heterocycles. The lowest BCUT2D eigenvalue weighted by molar-refractivity contribution is 0.144. The van der Waals surface area contributed by atoms with Crippen LogP contribution in [0.4, 0.5) is 4.79 Å². The zero-order chi connectivity index (χ0) is 15.1. The van der Waals surface area contributed by atoms with Crippen molar-refractivity contribution in [3.8, 4) is 6.07 Å². The third-order valence-electron chi connectivity index (χ3n) is 3.29. The minimum absolute atomic E-state index is 0.366. The third kappa shape index (κ3) is 3.99. The van der Waals surface area contributed by atoms with Crippen LogP contribution in [0.3, 0.4) is 0 Å². The minimum atomic E-state index is -0.366. The van der Waals surface area contributed by atoms with E-state index >= 15 is 0 Å². The summed E-state index contributed by atoms with van der Waals surface area (Å²) in [7, 11) is 0. The van der Waals surface area contributed by atoms with Crippen LogP contribution in [-0.2, 0) is 11.2 Å². The highest BCUT2D eigenvalue weighted by Crippen LogP contribution is 2.19. The normalized spacial score (nSPS) is 10.3. The number of rotatable bonds is 6. The predicted molar refractivity (Wildman–Crippen MR) is 81.0 cm³/mol. The van der Waals surface area contributed by atoms with Crippen LogP contribution in [0.15, 0.2) is 24.4 Å². The Morgan fingerprint density at radius 1 is 1.48 bits per heavy atom. The summed E-state index contributed by atoms with van der Waals surface area (Å²) in [5.74, 6) is 0. The number of H-pyrrole nitrogens is 1. The number of unbranched alkanes of at least 4 members (excludes halogenated alkanes) is 1. The van der Waals surface area contributed by atoms with Gasteiger partial charge < -0.3 is 15.0 Å². The van der Waals surface area contributed by atoms with Gasteiger partial charge in [-0.2, -0.15) is 5.26 Å². The number of amides is 1. The van der Waals surface area contributed by atoms with Gasteiger partial charge in [0, 0.05) is 23.6 Å². The van der Waals surface area contributed by atoms with Crippen LogP contribution in [0.1, 0.15) is 30.9 Å². The van der Waals surface area contributed by atoms with E-state index in [2.05, 4.69) is 23.3 Å². The lowest BCUT2D eigenvalue weighted by Gasteiger charge is -2.06. The molecule has 0 fully saturated rings. The number of nitriles is 1. The highest BCUT2D eigenvalue weighted by Gasteiger charge is 2.06. The second-order valence-electron chi connectivity index (χ2n) is 4.85. The monoisotopic (exact) mass is 285 g/mol. The van der Waals surface area contributed by atoms with E-state index in [-0.39, 0.29) is 6.09 Å². The number of benzene rings is 1. The lowest BCUT2D eigenvalue weighted by atomic mass is 10.1. The number of ether oxygens (including phenoxy) is 1. The summed E-state index contributed by atoms with van der Waals surface area (Å²) in [5, 5.41) is 12.7. The second kappa shape index (κ2) is 7.34. The van der Waals surface area contributed by atoms with Gasteiger partial charge in [0.2, 0.25) is 0 Å². The number of nitrogens with zero attached hydrogens (tertiary/aromatic N) is 1. The molecule has 0 saturated heterocycles. The van der Waals surface area contributed by atoms with Gasteiger partial charge >= 0.3 is 6.09 Å². The molecule has 110 valence electrons. The van der Waals surface area contributed by atoms with Crippen LogP contribution >= 0.6 is 0 Å². The molecule has 2 aromatic rings. The number of nitrogens with one attached hydrogen (secondary N) is 2. The summed E-state index contributed by atoms with van der Waals surface area (Å²) in [6.45, 7) is 3.04. The highest BCUT2D eigenvalue weighted by molar-refractivity contribution is 5.84. The van der Waals surface area contributed by atoms with Gasteiger partial charge in [0.05, 0.1) is 18.2 Å². The molecule has 0 saturated carbocycles. The van der Waals surface area contributed by atoms with E-state index in [1.54, 1.807) is 6.07 Å². The van der Waals surface area contributed by atoms with E-state index in [1.807, 2.05) is 18.3 Å². The largest absolute Gasteiger partial charge is 0.450 e. The maximum absolute atomic E-state index is 11.4. The molecule has 0 atom stereocenters. The Morgan fingerprint density at radius 2 is 2.33 bits per heavy atom. The number of aromatic amines is 1. The molecule has 0 aliphatic carbocycles. The van der Waals surface area contributed by atoms with Crippen molar-refractivity contribution in [3.63, 3.8) is 0 Å². The zero-order valence-corrected chi connectivity index (χ0v) is 12.1. The van der Waals surface area contributed by atoms with Crippen molar-refractivity contribution in [1.29, 1.82) is 5.26 Å². The van der Waals surface area contributed by atoms with Gasteiger partial charge in [0.1, 0.15) is 0 Å². The topological polar surface area (TPSA) is 77.9 Å². The van der Waals surface area contributed by atoms with Crippen molar-refractivity contribution in [2.24, 2.45) is 0 Å². The molecule has 0 unspecified atom stereocenters. The fraction of sp³-hybridized carbons (Fsp3) is 0.375. The summed E-state index contributed by atoms with van der Waals surface area (Å²) in [4.78, 5) is 14.6. The van der Waals surface area contributed by atoms with Crippen LogP contribution in [0.5, 0.6) is 0 Å². The Balaban J connectivity index is 1.87. The molecule has 0 radical (unpaired) electrons. The first kappa shape index (κ1) is 14.9. The molecule has 2 rings (SSSR count). The van der Waals surface area contributed by atoms with Gasteiger partial charge in [-0.15, -0.1) is 0 Å². The Bertz CT molecular complexity index is 655. The minimum Gasteiger partial charge on any atom is -0.450 e. The molecule has 0 bridgehead atoms. The summed E-state index contributed by atoms with van der Waals surface area (Å²) in [6.07, 6.45) is 4.16. The first-order valence-electron chi connectivity index (χ1n) is 7.15. The fourth-order valence-corrected chi connectivity index (χ4v) is 2.12. The van der Waals surface area contributed by atoms with Crippen molar-refractivity contribution < 1.29 is 9.53 Å². The average Bonchev–Trinajstić information content (AvgIpc) is 2.90. The summed E-state index contributed by atoms with van der Waals surface area (Å²) in [5.41, 5.74) is 2.69. The summed E-state index contributed by atoms with van der Waals surface area (Å²) >= 11 is 0. The van der Waals surface area contributed by atoms with Crippen molar-refractivity contribution in [1.82, 2.24) is 10.3 Å². The smallest absolute Gasteiger partial charge is 0.407 e. The van der Waals surface area contributed by atoms with E-state index < -0.39 is 0 Å². The number of fused-ring (bicyclic) bond motifs is 1. The summed E-state index contributed by atoms with van der Waals surface area (Å²) < 4.78 is 5.03. The van der Waals surface area contributed by atoms with E-state index in [1.165, 1.54) is 0 Å². The third-order valence-corrected chi connectivity index (χ3v) is 3.29. The molecular formula is C16H19N3O2. The highest BCUT2D eigenvalue weighted by atomic mass is 16.5. The Labute approximate surface area is 123 Å². The van der Waals surface area contributed by atoms with Crippen LogP contribution in [0, 0.1) is 11.3 Å². The molecule has 1 amide bonds. The maximum Gasteiger partial charge on any atom is 0.407 e. The van der Waals surface area contributed by atoms with Gasteiger partial charge in [-0.05, 0) is 30.5 Å². The van der Waals surface area contributed by atoms with Gasteiger partial charge in [0.15, 0.2) is 0 Å². The quantitative estimate of drug-likeness (QED) is 0.800. The maximum atomic E-state index is 11.4. The van der Waals surface area contributed by atoms with Gasteiger partial charge in [-0.3, -0.25) is 0 Å². The number of aromatic nitrogens is 1. The standard InChI is InChI=1S/C16H19N3O2/c1-2-3-8-21-16(20)18-7-6-13-11-19-15-9-12(10-17)4-5-14(13)15/h4-5,9,11,19H,2-3,6-8H2,1H3,(H,18,20). The second-order valence-corrected chi connectivity index (χ2v) is 4.85. The Kier molecular flexibility index (Phi) is 5.22. The Hall–Kier alpha value is -2.48. The molecule has 2 N–H and O–H groups in total. The number of carbonyl (C=O) groups is 1. The van der Waals surface area contributed by atoms with Crippen LogP contribution in [0.2, 0.25) is 0 Å². The van der Waals surface area contributed by atoms with E-state index in [9.17, 15) is 4.79 Å². The SMILES string of the molecule is CCCCOC(=O)NCCc1c[nH]c2cc(C#N)ccc12. The van der Waals surface area contributed by atoms with E-state index in [0.29, 0.717) is 18.7 Å². The van der Waals surface area contributed by atoms with Gasteiger partial charge in [-0.25, -0.2) is 4.79 Å². The molecule has 0 aliphatic rings. The van der Waals surface area contributed by atoms with Gasteiger partial charge in [-0.1, -0.05) is 19.4 Å². The molecule has 1 aromatic carbocycles. The molecule has 0 spiro atoms. The molecule has 5 nitrogen and oxygen atoms in total.